The molecule has 82 valence electrons. The van der Waals surface area contributed by atoms with Gasteiger partial charge in [0.05, 0.1) is 6.33 Å². The Bertz CT molecular complexity index is 437. The number of rotatable bonds is 4. The van der Waals surface area contributed by atoms with Gasteiger partial charge in [0.2, 0.25) is 5.91 Å². The zero-order valence-electron chi connectivity index (χ0n) is 8.84. The zero-order chi connectivity index (χ0) is 11.2. The van der Waals surface area contributed by atoms with Crippen molar-refractivity contribution in [3.8, 4) is 0 Å². The van der Waals surface area contributed by atoms with Gasteiger partial charge in [-0.2, -0.15) is 0 Å². The Labute approximate surface area is 93.9 Å². The van der Waals surface area contributed by atoms with Gasteiger partial charge in [0, 0.05) is 31.0 Å². The summed E-state index contributed by atoms with van der Waals surface area (Å²) in [4.78, 5) is 15.5. The van der Waals surface area contributed by atoms with E-state index < -0.39 is 0 Å². The smallest absolute Gasteiger partial charge is 0.226 e. The summed E-state index contributed by atoms with van der Waals surface area (Å²) >= 11 is 0. The fraction of sp³-hybridized carbons (Fsp3) is 0.167. The van der Waals surface area contributed by atoms with Crippen molar-refractivity contribution in [2.24, 2.45) is 0 Å². The Hall–Kier alpha value is -2.10. The van der Waals surface area contributed by atoms with Gasteiger partial charge in [0.25, 0.3) is 0 Å². The molecule has 1 aromatic heterocycles. The van der Waals surface area contributed by atoms with Gasteiger partial charge in [-0.05, 0) is 12.1 Å². The summed E-state index contributed by atoms with van der Waals surface area (Å²) < 4.78 is 1.88. The average Bonchev–Trinajstić information content (AvgIpc) is 2.81. The maximum absolute atomic E-state index is 11.6. The van der Waals surface area contributed by atoms with E-state index in [0.29, 0.717) is 13.0 Å². The van der Waals surface area contributed by atoms with Gasteiger partial charge in [-0.3, -0.25) is 4.79 Å². The zero-order valence-corrected chi connectivity index (χ0v) is 8.84. The molecule has 4 heteroatoms. The largest absolute Gasteiger partial charge is 0.337 e. The molecule has 0 aliphatic heterocycles. The summed E-state index contributed by atoms with van der Waals surface area (Å²) in [6.07, 6.45) is 5.70. The number of nitrogens with one attached hydrogen (secondary N) is 1. The predicted octanol–water partition coefficient (Wildman–Crippen LogP) is 1.91. The summed E-state index contributed by atoms with van der Waals surface area (Å²) in [5, 5.41) is 2.83. The van der Waals surface area contributed by atoms with Crippen LogP contribution in [0.4, 0.5) is 5.69 Å². The van der Waals surface area contributed by atoms with Gasteiger partial charge in [-0.1, -0.05) is 18.2 Å². The van der Waals surface area contributed by atoms with E-state index in [9.17, 15) is 4.79 Å². The Kier molecular flexibility index (Phi) is 3.33. The lowest BCUT2D eigenvalue weighted by molar-refractivity contribution is -0.116. The number of nitrogens with zero attached hydrogens (tertiary/aromatic N) is 2. The second-order valence-electron chi connectivity index (χ2n) is 3.46. The van der Waals surface area contributed by atoms with Crippen molar-refractivity contribution in [3.05, 3.63) is 49.1 Å². The Balaban J connectivity index is 1.81. The highest BCUT2D eigenvalue weighted by molar-refractivity contribution is 5.90. The van der Waals surface area contributed by atoms with Crippen LogP contribution in [0.15, 0.2) is 49.1 Å². The van der Waals surface area contributed by atoms with Gasteiger partial charge in [0.15, 0.2) is 0 Å². The van der Waals surface area contributed by atoms with Crippen molar-refractivity contribution in [2.75, 3.05) is 5.32 Å². The van der Waals surface area contributed by atoms with Gasteiger partial charge < -0.3 is 9.88 Å². The summed E-state index contributed by atoms with van der Waals surface area (Å²) in [6.45, 7) is 0.651. The quantitative estimate of drug-likeness (QED) is 0.846. The molecule has 2 aromatic rings. The molecule has 0 spiro atoms. The molecule has 1 heterocycles. The van der Waals surface area contributed by atoms with E-state index in [-0.39, 0.29) is 5.91 Å². The molecule has 0 fully saturated rings. The van der Waals surface area contributed by atoms with E-state index in [4.69, 9.17) is 0 Å². The second-order valence-corrected chi connectivity index (χ2v) is 3.46. The number of para-hydroxylation sites is 1. The Morgan fingerprint density at radius 1 is 1.31 bits per heavy atom. The third-order valence-electron chi connectivity index (χ3n) is 2.21. The minimum Gasteiger partial charge on any atom is -0.337 e. The molecule has 2 rings (SSSR count). The second kappa shape index (κ2) is 5.11. The molecule has 0 saturated heterocycles. The van der Waals surface area contributed by atoms with E-state index in [1.54, 1.807) is 12.5 Å². The number of anilines is 1. The Morgan fingerprint density at radius 2 is 2.12 bits per heavy atom. The van der Waals surface area contributed by atoms with Crippen LogP contribution < -0.4 is 5.32 Å². The fourth-order valence-electron chi connectivity index (χ4n) is 1.39. The van der Waals surface area contributed by atoms with Crippen LogP contribution in [0.25, 0.3) is 0 Å². The van der Waals surface area contributed by atoms with E-state index in [2.05, 4.69) is 10.3 Å². The average molecular weight is 215 g/mol. The number of carbonyl (C=O) groups excluding carboxylic acids is 1. The van der Waals surface area contributed by atoms with Crippen molar-refractivity contribution in [3.63, 3.8) is 0 Å². The molecule has 0 saturated carbocycles. The first-order valence-electron chi connectivity index (χ1n) is 5.15. The van der Waals surface area contributed by atoms with Crippen LogP contribution in [0, 0.1) is 0 Å². The first-order valence-corrected chi connectivity index (χ1v) is 5.15. The van der Waals surface area contributed by atoms with Crippen LogP contribution in [0.3, 0.4) is 0 Å². The molecular formula is C12H13N3O. The normalized spacial score (nSPS) is 10.0. The van der Waals surface area contributed by atoms with E-state index >= 15 is 0 Å². The third-order valence-corrected chi connectivity index (χ3v) is 2.21. The number of imidazole rings is 1. The maximum atomic E-state index is 11.6. The molecule has 1 amide bonds. The summed E-state index contributed by atoms with van der Waals surface area (Å²) in [6, 6.07) is 9.45. The van der Waals surface area contributed by atoms with Crippen molar-refractivity contribution in [1.82, 2.24) is 9.55 Å². The lowest BCUT2D eigenvalue weighted by Gasteiger charge is -2.05. The minimum atomic E-state index is 0.0138. The molecule has 16 heavy (non-hydrogen) atoms. The van der Waals surface area contributed by atoms with Crippen LogP contribution >= 0.6 is 0 Å². The molecule has 0 aliphatic rings. The molecule has 0 atom stereocenters. The number of hydrogen-bond acceptors (Lipinski definition) is 2. The van der Waals surface area contributed by atoms with E-state index in [0.717, 1.165) is 5.69 Å². The SMILES string of the molecule is O=C(CCn1ccnc1)Nc1ccccc1. The first kappa shape index (κ1) is 10.4. The maximum Gasteiger partial charge on any atom is 0.226 e. The summed E-state index contributed by atoms with van der Waals surface area (Å²) in [7, 11) is 0. The lowest BCUT2D eigenvalue weighted by Crippen LogP contribution is -2.13. The highest BCUT2D eigenvalue weighted by Crippen LogP contribution is 2.05. The summed E-state index contributed by atoms with van der Waals surface area (Å²) in [5.74, 6) is 0.0138. The van der Waals surface area contributed by atoms with Crippen molar-refractivity contribution in [2.45, 2.75) is 13.0 Å². The van der Waals surface area contributed by atoms with E-state index in [1.165, 1.54) is 0 Å². The molecule has 0 radical (unpaired) electrons. The molecule has 4 nitrogen and oxygen atoms in total. The number of amides is 1. The number of aromatic nitrogens is 2. The lowest BCUT2D eigenvalue weighted by atomic mass is 10.3. The number of aryl methyl sites for hydroxylation is 1. The third kappa shape index (κ3) is 2.95. The first-order chi connectivity index (χ1) is 7.84. The number of hydrogen-bond donors (Lipinski definition) is 1. The fourth-order valence-corrected chi connectivity index (χ4v) is 1.39. The summed E-state index contributed by atoms with van der Waals surface area (Å²) in [5.41, 5.74) is 0.832. The molecule has 1 aromatic carbocycles. The molecule has 0 aliphatic carbocycles. The van der Waals surface area contributed by atoms with Gasteiger partial charge in [0.1, 0.15) is 0 Å². The molecular weight excluding hydrogens is 202 g/mol. The van der Waals surface area contributed by atoms with Crippen LogP contribution in [0.5, 0.6) is 0 Å². The van der Waals surface area contributed by atoms with Crippen molar-refractivity contribution in [1.29, 1.82) is 0 Å². The van der Waals surface area contributed by atoms with Gasteiger partial charge in [-0.15, -0.1) is 0 Å². The molecule has 0 bridgehead atoms. The van der Waals surface area contributed by atoms with Gasteiger partial charge >= 0.3 is 0 Å². The highest BCUT2D eigenvalue weighted by Gasteiger charge is 2.01. The minimum absolute atomic E-state index is 0.0138. The van der Waals surface area contributed by atoms with E-state index in [1.807, 2.05) is 41.1 Å². The Morgan fingerprint density at radius 3 is 2.81 bits per heavy atom. The highest BCUT2D eigenvalue weighted by atomic mass is 16.1. The van der Waals surface area contributed by atoms with Crippen LogP contribution in [0.1, 0.15) is 6.42 Å². The predicted molar refractivity (Wildman–Crippen MR) is 61.9 cm³/mol. The van der Waals surface area contributed by atoms with Crippen molar-refractivity contribution >= 4 is 11.6 Å². The van der Waals surface area contributed by atoms with Crippen LogP contribution in [-0.2, 0) is 11.3 Å². The van der Waals surface area contributed by atoms with Gasteiger partial charge in [-0.25, -0.2) is 4.98 Å². The van der Waals surface area contributed by atoms with Crippen LogP contribution in [0.2, 0.25) is 0 Å². The van der Waals surface area contributed by atoms with Crippen LogP contribution in [-0.4, -0.2) is 15.5 Å². The topological polar surface area (TPSA) is 46.9 Å². The monoisotopic (exact) mass is 215 g/mol. The number of carbonyl (C=O) groups is 1. The standard InChI is InChI=1S/C12H13N3O/c16-12(6-8-15-9-7-13-10-15)14-11-4-2-1-3-5-11/h1-5,7,9-10H,6,8H2,(H,14,16). The molecule has 0 unspecified atom stereocenters. The van der Waals surface area contributed by atoms with Crippen molar-refractivity contribution < 1.29 is 4.79 Å². The molecule has 1 N–H and O–H groups in total. The number of benzene rings is 1.